The molecule has 1 saturated heterocycles. The third-order valence-electron chi connectivity index (χ3n) is 4.68. The van der Waals surface area contributed by atoms with E-state index >= 15 is 0 Å². The molecule has 2 aromatic rings. The number of hydrogen-bond acceptors (Lipinski definition) is 5. The summed E-state index contributed by atoms with van der Waals surface area (Å²) < 4.78 is 6.41. The zero-order valence-corrected chi connectivity index (χ0v) is 17.3. The number of benzene rings is 1. The topological polar surface area (TPSA) is 73.2 Å². The van der Waals surface area contributed by atoms with Gasteiger partial charge in [-0.1, -0.05) is 22.0 Å². The Kier molecular flexibility index (Phi) is 6.18. The van der Waals surface area contributed by atoms with Crippen molar-refractivity contribution in [2.45, 2.75) is 13.8 Å². The van der Waals surface area contributed by atoms with Gasteiger partial charge < -0.3 is 14.5 Å². The molecule has 0 amide bonds. The summed E-state index contributed by atoms with van der Waals surface area (Å²) in [6.45, 7) is 7.04. The Morgan fingerprint density at radius 3 is 2.59 bits per heavy atom. The zero-order chi connectivity index (χ0) is 19.4. The zero-order valence-electron chi connectivity index (χ0n) is 15.7. The molecule has 8 heteroatoms. The minimum absolute atomic E-state index is 0.396. The number of aryl methyl sites for hydroxylation is 2. The number of hydrogen-bond donors (Lipinski definition) is 2. The normalized spacial score (nSPS) is 15.1. The highest BCUT2D eigenvalue weighted by molar-refractivity contribution is 9.10. The minimum Gasteiger partial charge on any atom is -0.479 e. The lowest BCUT2D eigenvalue weighted by Gasteiger charge is -2.37. The van der Waals surface area contributed by atoms with Gasteiger partial charge in [0, 0.05) is 42.0 Å². The molecule has 0 spiro atoms. The van der Waals surface area contributed by atoms with Crippen LogP contribution in [0.4, 0.5) is 11.4 Å². The third kappa shape index (κ3) is 4.51. The van der Waals surface area contributed by atoms with Crippen LogP contribution in [0.5, 0.6) is 5.88 Å². The molecule has 1 aliphatic rings. The Morgan fingerprint density at radius 2 is 1.96 bits per heavy atom. The number of nitrogens with zero attached hydrogens (tertiary/aromatic N) is 4. The third-order valence-corrected chi connectivity index (χ3v) is 5.18. The second-order valence-electron chi connectivity index (χ2n) is 6.42. The predicted molar refractivity (Wildman–Crippen MR) is 110 cm³/mol. The minimum atomic E-state index is 0.396. The van der Waals surface area contributed by atoms with Crippen molar-refractivity contribution in [1.82, 2.24) is 15.4 Å². The molecule has 0 unspecified atom stereocenters. The van der Waals surface area contributed by atoms with E-state index in [0.717, 1.165) is 41.9 Å². The van der Waals surface area contributed by atoms with E-state index in [1.807, 2.05) is 36.9 Å². The van der Waals surface area contributed by atoms with Crippen LogP contribution in [0, 0.1) is 13.8 Å². The Balaban J connectivity index is 1.76. The SMILES string of the molecule is COc1nc(C)c(C)cc1N=C(NO)N1CCN(c2cccc(Br)c2)CC1. The molecular formula is C19H24BrN5O2. The number of guanidine groups is 1. The molecule has 0 saturated carbocycles. The predicted octanol–water partition coefficient (Wildman–Crippen LogP) is 3.26. The van der Waals surface area contributed by atoms with Gasteiger partial charge in [-0.3, -0.25) is 5.21 Å². The van der Waals surface area contributed by atoms with Crippen molar-refractivity contribution in [1.29, 1.82) is 0 Å². The second kappa shape index (κ2) is 8.58. The van der Waals surface area contributed by atoms with Crippen LogP contribution in [0.25, 0.3) is 0 Å². The van der Waals surface area contributed by atoms with E-state index in [2.05, 4.69) is 48.4 Å². The molecule has 3 rings (SSSR count). The summed E-state index contributed by atoms with van der Waals surface area (Å²) in [7, 11) is 1.57. The van der Waals surface area contributed by atoms with Crippen molar-refractivity contribution >= 4 is 33.3 Å². The molecule has 2 N–H and O–H groups in total. The Hall–Kier alpha value is -2.32. The first-order valence-electron chi connectivity index (χ1n) is 8.78. The summed E-state index contributed by atoms with van der Waals surface area (Å²) in [6, 6.07) is 10.2. The molecule has 0 bridgehead atoms. The number of aliphatic imine (C=N–C) groups is 1. The summed E-state index contributed by atoms with van der Waals surface area (Å²) in [5.41, 5.74) is 5.92. The number of nitrogens with one attached hydrogen (secondary N) is 1. The van der Waals surface area contributed by atoms with Gasteiger partial charge in [0.25, 0.3) is 0 Å². The molecule has 0 aliphatic carbocycles. The van der Waals surface area contributed by atoms with Gasteiger partial charge in [-0.15, -0.1) is 0 Å². The lowest BCUT2D eigenvalue weighted by atomic mass is 10.2. The summed E-state index contributed by atoms with van der Waals surface area (Å²) in [4.78, 5) is 13.3. The second-order valence-corrected chi connectivity index (χ2v) is 7.34. The molecule has 1 fully saturated rings. The van der Waals surface area contributed by atoms with Gasteiger partial charge in [0.2, 0.25) is 11.8 Å². The van der Waals surface area contributed by atoms with Crippen LogP contribution in [-0.2, 0) is 0 Å². The van der Waals surface area contributed by atoms with Crippen LogP contribution >= 0.6 is 15.9 Å². The van der Waals surface area contributed by atoms with Gasteiger partial charge in [-0.25, -0.2) is 15.5 Å². The lowest BCUT2D eigenvalue weighted by molar-refractivity contribution is 0.207. The Labute approximate surface area is 167 Å². The molecule has 27 heavy (non-hydrogen) atoms. The van der Waals surface area contributed by atoms with Crippen LogP contribution in [0.2, 0.25) is 0 Å². The van der Waals surface area contributed by atoms with Crippen LogP contribution in [0.3, 0.4) is 0 Å². The summed E-state index contributed by atoms with van der Waals surface area (Å²) >= 11 is 3.52. The van der Waals surface area contributed by atoms with E-state index in [0.29, 0.717) is 17.5 Å². The van der Waals surface area contributed by atoms with Gasteiger partial charge in [0.1, 0.15) is 5.69 Å². The summed E-state index contributed by atoms with van der Waals surface area (Å²) in [5, 5.41) is 9.64. The fourth-order valence-electron chi connectivity index (χ4n) is 3.03. The largest absolute Gasteiger partial charge is 0.479 e. The summed E-state index contributed by atoms with van der Waals surface area (Å²) in [5.74, 6) is 0.839. The van der Waals surface area contributed by atoms with Gasteiger partial charge in [-0.05, 0) is 43.7 Å². The molecular weight excluding hydrogens is 410 g/mol. The van der Waals surface area contributed by atoms with Crippen molar-refractivity contribution < 1.29 is 9.94 Å². The van der Waals surface area contributed by atoms with Crippen LogP contribution in [-0.4, -0.2) is 54.3 Å². The number of rotatable bonds is 3. The highest BCUT2D eigenvalue weighted by atomic mass is 79.9. The number of methoxy groups -OCH3 is 1. The first-order valence-corrected chi connectivity index (χ1v) is 9.57. The maximum atomic E-state index is 9.64. The van der Waals surface area contributed by atoms with Gasteiger partial charge in [0.15, 0.2) is 0 Å². The fourth-order valence-corrected chi connectivity index (χ4v) is 3.42. The first kappa shape index (κ1) is 19.4. The average molecular weight is 434 g/mol. The number of hydroxylamine groups is 1. The van der Waals surface area contributed by atoms with E-state index in [1.54, 1.807) is 7.11 Å². The Morgan fingerprint density at radius 1 is 1.22 bits per heavy atom. The molecule has 2 heterocycles. The van der Waals surface area contributed by atoms with Crippen molar-refractivity contribution in [2.75, 3.05) is 38.2 Å². The fraction of sp³-hybridized carbons (Fsp3) is 0.368. The highest BCUT2D eigenvalue weighted by Gasteiger charge is 2.21. The van der Waals surface area contributed by atoms with E-state index in [9.17, 15) is 5.21 Å². The van der Waals surface area contributed by atoms with Crippen molar-refractivity contribution in [3.05, 3.63) is 46.1 Å². The van der Waals surface area contributed by atoms with Gasteiger partial charge in [0.05, 0.1) is 7.11 Å². The van der Waals surface area contributed by atoms with E-state index in [-0.39, 0.29) is 0 Å². The van der Waals surface area contributed by atoms with Crippen molar-refractivity contribution in [3.8, 4) is 5.88 Å². The number of pyridine rings is 1. The molecule has 0 atom stereocenters. The standard InChI is InChI=1S/C19H24BrN5O2/c1-13-11-17(18(27-3)21-14(13)2)22-19(23-26)25-9-7-24(8-10-25)16-6-4-5-15(20)12-16/h4-6,11-12,26H,7-10H2,1-3H3,(H,22,23). The van der Waals surface area contributed by atoms with E-state index in [4.69, 9.17) is 4.74 Å². The molecule has 0 radical (unpaired) electrons. The van der Waals surface area contributed by atoms with Crippen molar-refractivity contribution in [3.63, 3.8) is 0 Å². The molecule has 1 aliphatic heterocycles. The molecule has 144 valence electrons. The lowest BCUT2D eigenvalue weighted by Crippen LogP contribution is -2.52. The smallest absolute Gasteiger partial charge is 0.240 e. The maximum Gasteiger partial charge on any atom is 0.240 e. The Bertz CT molecular complexity index is 835. The quantitative estimate of drug-likeness (QED) is 0.439. The van der Waals surface area contributed by atoms with Gasteiger partial charge in [-0.2, -0.15) is 0 Å². The first-order chi connectivity index (χ1) is 13.0. The van der Waals surface area contributed by atoms with Crippen LogP contribution in [0.1, 0.15) is 11.3 Å². The molecule has 1 aromatic heterocycles. The number of ether oxygens (including phenoxy) is 1. The highest BCUT2D eigenvalue weighted by Crippen LogP contribution is 2.28. The van der Waals surface area contributed by atoms with Gasteiger partial charge >= 0.3 is 0 Å². The van der Waals surface area contributed by atoms with Crippen molar-refractivity contribution in [2.24, 2.45) is 4.99 Å². The number of piperazine rings is 1. The molecule has 7 nitrogen and oxygen atoms in total. The number of aromatic nitrogens is 1. The maximum absolute atomic E-state index is 9.64. The monoisotopic (exact) mass is 433 g/mol. The van der Waals surface area contributed by atoms with Crippen LogP contribution < -0.4 is 15.1 Å². The molecule has 1 aromatic carbocycles. The van der Waals surface area contributed by atoms with Crippen LogP contribution in [0.15, 0.2) is 39.8 Å². The number of halogens is 1. The average Bonchev–Trinajstić information content (AvgIpc) is 2.68. The number of anilines is 1. The van der Waals surface area contributed by atoms with E-state index in [1.165, 1.54) is 5.69 Å². The van der Waals surface area contributed by atoms with E-state index < -0.39 is 0 Å². The summed E-state index contributed by atoms with van der Waals surface area (Å²) in [6.07, 6.45) is 0.